The summed E-state index contributed by atoms with van der Waals surface area (Å²) in [4.78, 5) is 0. The maximum Gasteiger partial charge on any atom is 0.142 e. The highest BCUT2D eigenvalue weighted by Crippen LogP contribution is 2.42. The molecule has 0 radical (unpaired) electrons. The van der Waals surface area contributed by atoms with Crippen LogP contribution in [0.4, 0.5) is 5.69 Å². The van der Waals surface area contributed by atoms with Crippen molar-refractivity contribution in [3.63, 3.8) is 0 Å². The molecule has 1 heterocycles. The van der Waals surface area contributed by atoms with Crippen molar-refractivity contribution in [2.75, 3.05) is 18.5 Å². The molecule has 0 bridgehead atoms. The van der Waals surface area contributed by atoms with E-state index in [9.17, 15) is 0 Å². The van der Waals surface area contributed by atoms with Crippen molar-refractivity contribution < 1.29 is 4.74 Å². The third-order valence-electron chi connectivity index (χ3n) is 4.80. The first kappa shape index (κ1) is 14.4. The molecule has 0 unspecified atom stereocenters. The molecule has 1 aliphatic heterocycles. The van der Waals surface area contributed by atoms with Gasteiger partial charge in [-0.05, 0) is 60.7 Å². The molecule has 1 atom stereocenters. The van der Waals surface area contributed by atoms with E-state index in [4.69, 9.17) is 16.3 Å². The van der Waals surface area contributed by atoms with Crippen LogP contribution in [0.15, 0.2) is 40.9 Å². The molecule has 2 aromatic rings. The summed E-state index contributed by atoms with van der Waals surface area (Å²) in [6, 6.07) is 12.4. The van der Waals surface area contributed by atoms with Crippen LogP contribution in [0.3, 0.4) is 0 Å². The molecule has 0 aromatic heterocycles. The Labute approximate surface area is 144 Å². The Morgan fingerprint density at radius 1 is 1.18 bits per heavy atom. The van der Waals surface area contributed by atoms with Gasteiger partial charge in [0.25, 0.3) is 0 Å². The average molecular weight is 379 g/mol. The standard InChI is InChI=1S/C18H17BrClNO/c19-13-3-6-17-16(9-13)21-10-18(11-22-17)7-1-2-12-8-14(20)4-5-15(12)18/h3-6,8-9,21H,1-2,7,10-11H2/t18-/m0/s1. The summed E-state index contributed by atoms with van der Waals surface area (Å²) in [5.74, 6) is 0.932. The number of anilines is 1. The fourth-order valence-electron chi connectivity index (χ4n) is 3.67. The monoisotopic (exact) mass is 377 g/mol. The number of benzene rings is 2. The van der Waals surface area contributed by atoms with Crippen LogP contribution in [0.25, 0.3) is 0 Å². The molecule has 4 heteroatoms. The summed E-state index contributed by atoms with van der Waals surface area (Å²) in [7, 11) is 0. The molecule has 22 heavy (non-hydrogen) atoms. The van der Waals surface area contributed by atoms with Crippen molar-refractivity contribution >= 4 is 33.2 Å². The minimum absolute atomic E-state index is 0.0314. The summed E-state index contributed by atoms with van der Waals surface area (Å²) in [5.41, 5.74) is 3.86. The first-order valence-electron chi connectivity index (χ1n) is 7.61. The molecule has 4 rings (SSSR count). The summed E-state index contributed by atoms with van der Waals surface area (Å²) < 4.78 is 7.23. The molecule has 2 aliphatic rings. The predicted molar refractivity (Wildman–Crippen MR) is 94.2 cm³/mol. The number of hydrogen-bond donors (Lipinski definition) is 1. The normalized spacial score (nSPS) is 23.0. The molecule has 0 saturated carbocycles. The molecule has 1 aliphatic carbocycles. The second-order valence-electron chi connectivity index (χ2n) is 6.22. The minimum Gasteiger partial charge on any atom is -0.490 e. The van der Waals surface area contributed by atoms with Crippen LogP contribution in [0, 0.1) is 0 Å². The Hall–Kier alpha value is -1.19. The molecule has 114 valence electrons. The van der Waals surface area contributed by atoms with E-state index in [1.54, 1.807) is 0 Å². The Balaban J connectivity index is 1.73. The SMILES string of the molecule is Clc1ccc2c(c1)CCC[C@@]21CNc2cc(Br)ccc2OC1. The fourth-order valence-corrected chi connectivity index (χ4v) is 4.23. The zero-order chi connectivity index (χ0) is 15.2. The first-order chi connectivity index (χ1) is 10.7. The molecule has 2 aromatic carbocycles. The lowest BCUT2D eigenvalue weighted by atomic mass is 9.70. The van der Waals surface area contributed by atoms with E-state index >= 15 is 0 Å². The van der Waals surface area contributed by atoms with Crippen molar-refractivity contribution in [2.24, 2.45) is 0 Å². The maximum absolute atomic E-state index is 6.17. The van der Waals surface area contributed by atoms with Crippen LogP contribution in [0.1, 0.15) is 24.0 Å². The van der Waals surface area contributed by atoms with Crippen molar-refractivity contribution in [3.05, 3.63) is 57.0 Å². The van der Waals surface area contributed by atoms with Gasteiger partial charge in [-0.25, -0.2) is 0 Å². The number of rotatable bonds is 0. The molecular formula is C18H17BrClNO. The van der Waals surface area contributed by atoms with E-state index in [2.05, 4.69) is 39.4 Å². The van der Waals surface area contributed by atoms with E-state index in [-0.39, 0.29) is 5.41 Å². The number of fused-ring (bicyclic) bond motifs is 3. The number of halogens is 2. The van der Waals surface area contributed by atoms with Gasteiger partial charge in [0.1, 0.15) is 5.75 Å². The van der Waals surface area contributed by atoms with E-state index < -0.39 is 0 Å². The molecular weight excluding hydrogens is 362 g/mol. The highest BCUT2D eigenvalue weighted by Gasteiger charge is 2.39. The second-order valence-corrected chi connectivity index (χ2v) is 7.57. The Morgan fingerprint density at radius 2 is 2.09 bits per heavy atom. The second kappa shape index (κ2) is 5.47. The fraction of sp³-hybridized carbons (Fsp3) is 0.333. The first-order valence-corrected chi connectivity index (χ1v) is 8.79. The van der Waals surface area contributed by atoms with Gasteiger partial charge in [0.05, 0.1) is 12.3 Å². The van der Waals surface area contributed by atoms with Gasteiger partial charge < -0.3 is 10.1 Å². The van der Waals surface area contributed by atoms with Crippen LogP contribution in [-0.2, 0) is 11.8 Å². The average Bonchev–Trinajstić information content (AvgIpc) is 2.68. The van der Waals surface area contributed by atoms with Crippen LogP contribution in [0.5, 0.6) is 5.75 Å². The van der Waals surface area contributed by atoms with Crippen LogP contribution in [0.2, 0.25) is 5.02 Å². The molecule has 0 amide bonds. The van der Waals surface area contributed by atoms with Gasteiger partial charge in [-0.2, -0.15) is 0 Å². The van der Waals surface area contributed by atoms with Gasteiger partial charge >= 0.3 is 0 Å². The lowest BCUT2D eigenvalue weighted by Gasteiger charge is -2.37. The quantitative estimate of drug-likeness (QED) is 0.682. The summed E-state index contributed by atoms with van der Waals surface area (Å²) in [6.45, 7) is 1.61. The number of hydrogen-bond acceptors (Lipinski definition) is 2. The zero-order valence-electron chi connectivity index (χ0n) is 12.2. The molecule has 1 N–H and O–H groups in total. The minimum atomic E-state index is 0.0314. The lowest BCUT2D eigenvalue weighted by Crippen LogP contribution is -2.41. The Kier molecular flexibility index (Phi) is 3.58. The largest absolute Gasteiger partial charge is 0.490 e. The lowest BCUT2D eigenvalue weighted by molar-refractivity contribution is 0.210. The summed E-state index contributed by atoms with van der Waals surface area (Å²) in [5, 5.41) is 4.42. The summed E-state index contributed by atoms with van der Waals surface area (Å²) in [6.07, 6.45) is 3.43. The number of aryl methyl sites for hydroxylation is 1. The molecule has 0 fully saturated rings. The maximum atomic E-state index is 6.17. The van der Waals surface area contributed by atoms with Crippen LogP contribution in [-0.4, -0.2) is 13.2 Å². The topological polar surface area (TPSA) is 21.3 Å². The van der Waals surface area contributed by atoms with Gasteiger partial charge in [0.2, 0.25) is 0 Å². The van der Waals surface area contributed by atoms with E-state index in [1.807, 2.05) is 18.2 Å². The van der Waals surface area contributed by atoms with Gasteiger partial charge in [-0.3, -0.25) is 0 Å². The Bertz CT molecular complexity index is 733. The van der Waals surface area contributed by atoms with Crippen LogP contribution >= 0.6 is 27.5 Å². The van der Waals surface area contributed by atoms with Crippen LogP contribution < -0.4 is 10.1 Å². The molecule has 0 saturated heterocycles. The summed E-state index contributed by atoms with van der Waals surface area (Å²) >= 11 is 9.70. The van der Waals surface area contributed by atoms with Gasteiger partial charge in [-0.1, -0.05) is 33.6 Å². The molecule has 1 spiro atoms. The van der Waals surface area contributed by atoms with Crippen molar-refractivity contribution in [1.29, 1.82) is 0 Å². The molecule has 2 nitrogen and oxygen atoms in total. The van der Waals surface area contributed by atoms with Crippen molar-refractivity contribution in [1.82, 2.24) is 0 Å². The van der Waals surface area contributed by atoms with Gasteiger partial charge in [0, 0.05) is 21.5 Å². The highest BCUT2D eigenvalue weighted by molar-refractivity contribution is 9.10. The third-order valence-corrected chi connectivity index (χ3v) is 5.53. The highest BCUT2D eigenvalue weighted by atomic mass is 79.9. The predicted octanol–water partition coefficient (Wildman–Crippen LogP) is 5.18. The van der Waals surface area contributed by atoms with Crippen molar-refractivity contribution in [2.45, 2.75) is 24.7 Å². The van der Waals surface area contributed by atoms with Crippen molar-refractivity contribution in [3.8, 4) is 5.75 Å². The van der Waals surface area contributed by atoms with Gasteiger partial charge in [0.15, 0.2) is 0 Å². The van der Waals surface area contributed by atoms with Gasteiger partial charge in [-0.15, -0.1) is 0 Å². The third kappa shape index (κ3) is 2.40. The zero-order valence-corrected chi connectivity index (χ0v) is 14.5. The smallest absolute Gasteiger partial charge is 0.142 e. The van der Waals surface area contributed by atoms with E-state index in [1.165, 1.54) is 17.5 Å². The Morgan fingerprint density at radius 3 is 3.00 bits per heavy atom. The van der Waals surface area contributed by atoms with E-state index in [0.29, 0.717) is 6.61 Å². The number of ether oxygens (including phenoxy) is 1. The number of nitrogens with one attached hydrogen (secondary N) is 1. The van der Waals surface area contributed by atoms with E-state index in [0.717, 1.165) is 40.3 Å².